The maximum absolute atomic E-state index is 5.30. The summed E-state index contributed by atoms with van der Waals surface area (Å²) < 4.78 is 6.38. The lowest BCUT2D eigenvalue weighted by Gasteiger charge is -2.19. The van der Waals surface area contributed by atoms with Crippen molar-refractivity contribution in [3.8, 4) is 5.75 Å². The Morgan fingerprint density at radius 1 is 1.26 bits per heavy atom. The zero-order valence-corrected chi connectivity index (χ0v) is 12.6. The molecule has 19 heavy (non-hydrogen) atoms. The lowest BCUT2D eigenvalue weighted by atomic mass is 9.99. The fraction of sp³-hybridized carbons (Fsp3) is 0.267. The van der Waals surface area contributed by atoms with E-state index in [0.29, 0.717) is 0 Å². The Morgan fingerprint density at radius 2 is 2.00 bits per heavy atom. The number of ether oxygens (including phenoxy) is 1. The first-order valence-corrected chi connectivity index (χ1v) is 6.93. The molecule has 3 nitrogen and oxygen atoms in total. The summed E-state index contributed by atoms with van der Waals surface area (Å²) in [6.07, 6.45) is 4.55. The van der Waals surface area contributed by atoms with Crippen molar-refractivity contribution < 1.29 is 4.74 Å². The molecule has 2 aromatic rings. The van der Waals surface area contributed by atoms with E-state index in [2.05, 4.69) is 32.3 Å². The molecule has 0 bridgehead atoms. The number of pyridine rings is 1. The number of halogens is 1. The molecule has 4 heteroatoms. The molecule has 1 heterocycles. The molecule has 0 radical (unpaired) electrons. The van der Waals surface area contributed by atoms with E-state index in [1.165, 1.54) is 11.1 Å². The van der Waals surface area contributed by atoms with Crippen LogP contribution in [0.1, 0.15) is 17.2 Å². The molecule has 0 saturated carbocycles. The molecular weight excluding hydrogens is 304 g/mol. The van der Waals surface area contributed by atoms with Crippen molar-refractivity contribution in [3.05, 3.63) is 58.3 Å². The molecule has 1 aromatic heterocycles. The second kappa shape index (κ2) is 6.68. The summed E-state index contributed by atoms with van der Waals surface area (Å²) in [6, 6.07) is 10.3. The van der Waals surface area contributed by atoms with Crippen LogP contribution in [0.25, 0.3) is 0 Å². The number of rotatable bonds is 5. The van der Waals surface area contributed by atoms with Gasteiger partial charge in [-0.05, 0) is 54.9 Å². The van der Waals surface area contributed by atoms with Gasteiger partial charge in [0, 0.05) is 22.9 Å². The smallest absolute Gasteiger partial charge is 0.119 e. The monoisotopic (exact) mass is 320 g/mol. The molecule has 0 aliphatic carbocycles. The number of aromatic nitrogens is 1. The first-order chi connectivity index (χ1) is 9.24. The first-order valence-electron chi connectivity index (χ1n) is 6.14. The third-order valence-corrected chi connectivity index (χ3v) is 3.84. The third kappa shape index (κ3) is 3.55. The van der Waals surface area contributed by atoms with Crippen LogP contribution >= 0.6 is 15.9 Å². The summed E-state index contributed by atoms with van der Waals surface area (Å²) in [5.74, 6) is 0.869. The summed E-state index contributed by atoms with van der Waals surface area (Å²) in [4.78, 5) is 4.05. The number of nitrogens with one attached hydrogen (secondary N) is 1. The predicted octanol–water partition coefficient (Wildman–Crippen LogP) is 3.36. The summed E-state index contributed by atoms with van der Waals surface area (Å²) in [6.45, 7) is 0. The number of methoxy groups -OCH3 is 1. The van der Waals surface area contributed by atoms with Gasteiger partial charge >= 0.3 is 0 Å². The summed E-state index contributed by atoms with van der Waals surface area (Å²) >= 11 is 3.61. The largest absolute Gasteiger partial charge is 0.497 e. The summed E-state index contributed by atoms with van der Waals surface area (Å²) in [7, 11) is 3.65. The molecule has 0 saturated heterocycles. The highest BCUT2D eigenvalue weighted by molar-refractivity contribution is 9.10. The Hall–Kier alpha value is -1.39. The summed E-state index contributed by atoms with van der Waals surface area (Å²) in [5, 5.41) is 3.35. The van der Waals surface area contributed by atoms with E-state index in [0.717, 1.165) is 16.6 Å². The van der Waals surface area contributed by atoms with E-state index in [4.69, 9.17) is 4.74 Å². The van der Waals surface area contributed by atoms with Crippen molar-refractivity contribution in [1.82, 2.24) is 10.3 Å². The van der Waals surface area contributed by atoms with E-state index in [9.17, 15) is 0 Å². The van der Waals surface area contributed by atoms with Crippen molar-refractivity contribution in [2.45, 2.75) is 12.5 Å². The molecule has 0 spiro atoms. The van der Waals surface area contributed by atoms with Crippen molar-refractivity contribution in [3.63, 3.8) is 0 Å². The third-order valence-electron chi connectivity index (χ3n) is 3.12. The molecule has 100 valence electrons. The van der Waals surface area contributed by atoms with Crippen LogP contribution < -0.4 is 10.1 Å². The minimum absolute atomic E-state index is 0.229. The second-order valence-electron chi connectivity index (χ2n) is 4.29. The van der Waals surface area contributed by atoms with Gasteiger partial charge in [0.15, 0.2) is 0 Å². The zero-order chi connectivity index (χ0) is 13.7. The molecule has 1 N–H and O–H groups in total. The van der Waals surface area contributed by atoms with Crippen LogP contribution in [-0.2, 0) is 6.42 Å². The van der Waals surface area contributed by atoms with Crippen LogP contribution in [0.15, 0.2) is 47.2 Å². The van der Waals surface area contributed by atoms with Crippen LogP contribution in [0.5, 0.6) is 5.75 Å². The van der Waals surface area contributed by atoms with Crippen molar-refractivity contribution in [1.29, 1.82) is 0 Å². The average molecular weight is 321 g/mol. The standard InChI is InChI=1S/C15H17BrN2O/c1-17-15(9-11-5-7-18-8-6-11)13-10-12(19-2)3-4-14(13)16/h3-8,10,15,17H,9H2,1-2H3. The highest BCUT2D eigenvalue weighted by Gasteiger charge is 2.14. The van der Waals surface area contributed by atoms with Crippen molar-refractivity contribution in [2.24, 2.45) is 0 Å². The van der Waals surface area contributed by atoms with Gasteiger partial charge in [-0.2, -0.15) is 0 Å². The Balaban J connectivity index is 2.26. The molecule has 2 rings (SSSR count). The van der Waals surface area contributed by atoms with Crippen molar-refractivity contribution in [2.75, 3.05) is 14.2 Å². The molecule has 1 aromatic carbocycles. The molecule has 1 unspecified atom stereocenters. The van der Waals surface area contributed by atoms with Gasteiger partial charge in [0.2, 0.25) is 0 Å². The molecule has 0 fully saturated rings. The van der Waals surface area contributed by atoms with E-state index in [-0.39, 0.29) is 6.04 Å². The SMILES string of the molecule is CNC(Cc1ccncc1)c1cc(OC)ccc1Br. The van der Waals surface area contributed by atoms with Gasteiger partial charge in [-0.25, -0.2) is 0 Å². The van der Waals surface area contributed by atoms with Gasteiger partial charge in [-0.3, -0.25) is 4.98 Å². The number of benzene rings is 1. The summed E-state index contributed by atoms with van der Waals surface area (Å²) in [5.41, 5.74) is 2.45. The van der Waals surface area contributed by atoms with Crippen LogP contribution in [0.3, 0.4) is 0 Å². The maximum atomic E-state index is 5.30. The van der Waals surface area contributed by atoms with Crippen LogP contribution in [0, 0.1) is 0 Å². The number of nitrogens with zero attached hydrogens (tertiary/aromatic N) is 1. The fourth-order valence-electron chi connectivity index (χ4n) is 2.04. The number of likely N-dealkylation sites (N-methyl/N-ethyl adjacent to an activating group) is 1. The van der Waals surface area contributed by atoms with E-state index < -0.39 is 0 Å². The van der Waals surface area contributed by atoms with E-state index in [1.54, 1.807) is 7.11 Å². The lowest BCUT2D eigenvalue weighted by molar-refractivity contribution is 0.413. The first kappa shape index (κ1) is 14.0. The zero-order valence-electron chi connectivity index (χ0n) is 11.1. The maximum Gasteiger partial charge on any atom is 0.119 e. The molecule has 0 aliphatic heterocycles. The Bertz CT molecular complexity index is 531. The predicted molar refractivity (Wildman–Crippen MR) is 80.4 cm³/mol. The van der Waals surface area contributed by atoms with Gasteiger partial charge in [-0.15, -0.1) is 0 Å². The van der Waals surface area contributed by atoms with Crippen molar-refractivity contribution >= 4 is 15.9 Å². The topological polar surface area (TPSA) is 34.2 Å². The highest BCUT2D eigenvalue weighted by atomic mass is 79.9. The van der Waals surface area contributed by atoms with Gasteiger partial charge in [0.1, 0.15) is 5.75 Å². The molecule has 0 aliphatic rings. The van der Waals surface area contributed by atoms with Gasteiger partial charge in [0.05, 0.1) is 7.11 Å². The molecule has 1 atom stereocenters. The second-order valence-corrected chi connectivity index (χ2v) is 5.14. The van der Waals surface area contributed by atoms with Gasteiger partial charge < -0.3 is 10.1 Å². The number of hydrogen-bond acceptors (Lipinski definition) is 3. The normalized spacial score (nSPS) is 12.2. The highest BCUT2D eigenvalue weighted by Crippen LogP contribution is 2.29. The van der Waals surface area contributed by atoms with Crippen LogP contribution in [0.4, 0.5) is 0 Å². The lowest BCUT2D eigenvalue weighted by Crippen LogP contribution is -2.19. The molecular formula is C15H17BrN2O. The van der Waals surface area contributed by atoms with Crippen LogP contribution in [0.2, 0.25) is 0 Å². The minimum Gasteiger partial charge on any atom is -0.497 e. The molecule has 0 amide bonds. The average Bonchev–Trinajstić information content (AvgIpc) is 2.47. The fourth-order valence-corrected chi connectivity index (χ4v) is 2.56. The van der Waals surface area contributed by atoms with Gasteiger partial charge in [-0.1, -0.05) is 15.9 Å². The minimum atomic E-state index is 0.229. The van der Waals surface area contributed by atoms with Crippen LogP contribution in [-0.4, -0.2) is 19.1 Å². The van der Waals surface area contributed by atoms with E-state index >= 15 is 0 Å². The number of hydrogen-bond donors (Lipinski definition) is 1. The Labute approximate surface area is 122 Å². The quantitative estimate of drug-likeness (QED) is 0.917. The van der Waals surface area contributed by atoms with Gasteiger partial charge in [0.25, 0.3) is 0 Å². The Kier molecular flexibility index (Phi) is 4.93. The van der Waals surface area contributed by atoms with E-state index in [1.807, 2.05) is 43.7 Å². The Morgan fingerprint density at radius 3 is 2.63 bits per heavy atom.